The van der Waals surface area contributed by atoms with Crippen molar-refractivity contribution >= 4 is 49.9 Å². The molecule has 0 unspecified atom stereocenters. The van der Waals surface area contributed by atoms with Gasteiger partial charge in [-0.3, -0.25) is 4.72 Å². The first kappa shape index (κ1) is 14.2. The van der Waals surface area contributed by atoms with Gasteiger partial charge in [0.05, 0.1) is 38.0 Å². The number of hydrogen-bond donors (Lipinski definition) is 2. The SMILES string of the molecule is O=S(=O)(Nc1c(Cl)cccc1Cl)c1ccc2nc[nH]c2c1. The average molecular weight is 342 g/mol. The van der Waals surface area contributed by atoms with Gasteiger partial charge in [-0.25, -0.2) is 13.4 Å². The van der Waals surface area contributed by atoms with Crippen LogP contribution in [0.25, 0.3) is 11.0 Å². The number of aromatic amines is 1. The van der Waals surface area contributed by atoms with Gasteiger partial charge in [0.1, 0.15) is 0 Å². The topological polar surface area (TPSA) is 74.8 Å². The molecule has 21 heavy (non-hydrogen) atoms. The lowest BCUT2D eigenvalue weighted by atomic mass is 10.3. The van der Waals surface area contributed by atoms with Crippen LogP contribution in [0.15, 0.2) is 47.6 Å². The molecule has 0 aliphatic rings. The van der Waals surface area contributed by atoms with Crippen molar-refractivity contribution in [1.29, 1.82) is 0 Å². The number of H-pyrrole nitrogens is 1. The zero-order valence-electron chi connectivity index (χ0n) is 10.5. The van der Waals surface area contributed by atoms with Gasteiger partial charge in [-0.2, -0.15) is 0 Å². The fourth-order valence-electron chi connectivity index (χ4n) is 1.87. The molecule has 8 heteroatoms. The highest BCUT2D eigenvalue weighted by Crippen LogP contribution is 2.32. The molecule has 3 rings (SSSR count). The van der Waals surface area contributed by atoms with Crippen LogP contribution in [0.5, 0.6) is 0 Å². The Balaban J connectivity index is 2.04. The molecule has 2 N–H and O–H groups in total. The lowest BCUT2D eigenvalue weighted by Crippen LogP contribution is -2.13. The van der Waals surface area contributed by atoms with E-state index in [0.29, 0.717) is 11.0 Å². The van der Waals surface area contributed by atoms with Gasteiger partial charge in [0.2, 0.25) is 0 Å². The van der Waals surface area contributed by atoms with Crippen LogP contribution in [0, 0.1) is 0 Å². The van der Waals surface area contributed by atoms with Gasteiger partial charge in [0, 0.05) is 0 Å². The molecule has 0 radical (unpaired) electrons. The van der Waals surface area contributed by atoms with Crippen LogP contribution in [-0.2, 0) is 10.0 Å². The number of halogens is 2. The summed E-state index contributed by atoms with van der Waals surface area (Å²) in [6.07, 6.45) is 1.50. The van der Waals surface area contributed by atoms with Crippen molar-refractivity contribution in [3.8, 4) is 0 Å². The summed E-state index contributed by atoms with van der Waals surface area (Å²) in [4.78, 5) is 7.00. The molecule has 0 atom stereocenters. The Labute approximate surface area is 131 Å². The molecule has 1 aromatic heterocycles. The van der Waals surface area contributed by atoms with Crippen LogP contribution in [-0.4, -0.2) is 18.4 Å². The van der Waals surface area contributed by atoms with E-state index in [2.05, 4.69) is 14.7 Å². The standard InChI is InChI=1S/C13H9Cl2N3O2S/c14-9-2-1-3-10(15)13(9)18-21(19,20)8-4-5-11-12(6-8)17-7-16-11/h1-7,18H,(H,16,17). The highest BCUT2D eigenvalue weighted by molar-refractivity contribution is 7.92. The average Bonchev–Trinajstić information content (AvgIpc) is 2.90. The van der Waals surface area contributed by atoms with Gasteiger partial charge in [0.25, 0.3) is 10.0 Å². The zero-order valence-corrected chi connectivity index (χ0v) is 12.8. The number of aromatic nitrogens is 2. The Kier molecular flexibility index (Phi) is 3.52. The fourth-order valence-corrected chi connectivity index (χ4v) is 3.60. The molecule has 0 aliphatic carbocycles. The Hall–Kier alpha value is -1.76. The Morgan fingerprint density at radius 3 is 2.52 bits per heavy atom. The van der Waals surface area contributed by atoms with Gasteiger partial charge in [-0.05, 0) is 30.3 Å². The number of sulfonamides is 1. The molecule has 3 aromatic rings. The van der Waals surface area contributed by atoms with E-state index in [1.807, 2.05) is 0 Å². The number of fused-ring (bicyclic) bond motifs is 1. The molecule has 5 nitrogen and oxygen atoms in total. The third-order valence-corrected chi connectivity index (χ3v) is 4.88. The summed E-state index contributed by atoms with van der Waals surface area (Å²) < 4.78 is 27.2. The maximum atomic E-state index is 12.4. The second kappa shape index (κ2) is 5.22. The van der Waals surface area contributed by atoms with Gasteiger partial charge in [-0.1, -0.05) is 29.3 Å². The largest absolute Gasteiger partial charge is 0.345 e. The lowest BCUT2D eigenvalue weighted by Gasteiger charge is -2.11. The number of benzene rings is 2. The van der Waals surface area contributed by atoms with E-state index in [1.54, 1.807) is 24.3 Å². The van der Waals surface area contributed by atoms with Crippen LogP contribution in [0.4, 0.5) is 5.69 Å². The first-order valence-corrected chi connectivity index (χ1v) is 8.11. The molecule has 0 spiro atoms. The monoisotopic (exact) mass is 341 g/mol. The van der Waals surface area contributed by atoms with E-state index in [1.165, 1.54) is 18.5 Å². The Morgan fingerprint density at radius 1 is 1.10 bits per heavy atom. The van der Waals surface area contributed by atoms with E-state index in [4.69, 9.17) is 23.2 Å². The second-order valence-corrected chi connectivity index (χ2v) is 6.78. The van der Waals surface area contributed by atoms with Crippen LogP contribution in [0.2, 0.25) is 10.0 Å². The summed E-state index contributed by atoms with van der Waals surface area (Å²) >= 11 is 11.9. The summed E-state index contributed by atoms with van der Waals surface area (Å²) in [6, 6.07) is 9.34. The predicted molar refractivity (Wildman–Crippen MR) is 83.4 cm³/mol. The third-order valence-electron chi connectivity index (χ3n) is 2.90. The number of rotatable bonds is 3. The zero-order chi connectivity index (χ0) is 15.0. The minimum Gasteiger partial charge on any atom is -0.345 e. The molecular formula is C13H9Cl2N3O2S. The molecule has 2 aromatic carbocycles. The second-order valence-electron chi connectivity index (χ2n) is 4.28. The first-order valence-electron chi connectivity index (χ1n) is 5.87. The van der Waals surface area contributed by atoms with Crippen LogP contribution >= 0.6 is 23.2 Å². The van der Waals surface area contributed by atoms with Gasteiger partial charge in [-0.15, -0.1) is 0 Å². The van der Waals surface area contributed by atoms with E-state index in [0.717, 1.165) is 0 Å². The Bertz CT molecular complexity index is 902. The summed E-state index contributed by atoms with van der Waals surface area (Å²) in [6.45, 7) is 0. The molecule has 0 saturated carbocycles. The van der Waals surface area contributed by atoms with Gasteiger partial charge < -0.3 is 4.98 Å². The van der Waals surface area contributed by atoms with Crippen molar-refractivity contribution < 1.29 is 8.42 Å². The summed E-state index contributed by atoms with van der Waals surface area (Å²) in [5.41, 5.74) is 1.47. The molecule has 108 valence electrons. The number of nitrogens with one attached hydrogen (secondary N) is 2. The maximum absolute atomic E-state index is 12.4. The fraction of sp³-hybridized carbons (Fsp3) is 0. The van der Waals surface area contributed by atoms with Crippen molar-refractivity contribution in [1.82, 2.24) is 9.97 Å². The highest BCUT2D eigenvalue weighted by Gasteiger charge is 2.18. The maximum Gasteiger partial charge on any atom is 0.262 e. The van der Waals surface area contributed by atoms with Crippen LogP contribution in [0.1, 0.15) is 0 Å². The molecular weight excluding hydrogens is 333 g/mol. The van der Waals surface area contributed by atoms with Crippen molar-refractivity contribution in [2.45, 2.75) is 4.90 Å². The molecule has 1 heterocycles. The minimum absolute atomic E-state index is 0.0928. The molecule has 0 saturated heterocycles. The quantitative estimate of drug-likeness (QED) is 0.763. The van der Waals surface area contributed by atoms with Crippen molar-refractivity contribution in [3.63, 3.8) is 0 Å². The highest BCUT2D eigenvalue weighted by atomic mass is 35.5. The first-order chi connectivity index (χ1) is 9.97. The summed E-state index contributed by atoms with van der Waals surface area (Å²) in [5.74, 6) is 0. The molecule has 0 bridgehead atoms. The van der Waals surface area contributed by atoms with E-state index < -0.39 is 10.0 Å². The van der Waals surface area contributed by atoms with E-state index in [9.17, 15) is 8.42 Å². The summed E-state index contributed by atoms with van der Waals surface area (Å²) in [7, 11) is -3.79. The Morgan fingerprint density at radius 2 is 1.81 bits per heavy atom. The van der Waals surface area contributed by atoms with Gasteiger partial charge >= 0.3 is 0 Å². The number of nitrogens with zero attached hydrogens (tertiary/aromatic N) is 1. The minimum atomic E-state index is -3.79. The molecule has 0 amide bonds. The van der Waals surface area contributed by atoms with E-state index in [-0.39, 0.29) is 20.6 Å². The van der Waals surface area contributed by atoms with E-state index >= 15 is 0 Å². The van der Waals surface area contributed by atoms with Crippen molar-refractivity contribution in [2.24, 2.45) is 0 Å². The van der Waals surface area contributed by atoms with Crippen LogP contribution in [0.3, 0.4) is 0 Å². The summed E-state index contributed by atoms with van der Waals surface area (Å²) in [5, 5.41) is 0.461. The molecule has 0 fully saturated rings. The number of imidazole rings is 1. The lowest BCUT2D eigenvalue weighted by molar-refractivity contribution is 0.601. The number of para-hydroxylation sites is 1. The van der Waals surface area contributed by atoms with Crippen molar-refractivity contribution in [3.05, 3.63) is 52.8 Å². The number of anilines is 1. The number of hydrogen-bond acceptors (Lipinski definition) is 3. The van der Waals surface area contributed by atoms with Crippen molar-refractivity contribution in [2.75, 3.05) is 4.72 Å². The van der Waals surface area contributed by atoms with Gasteiger partial charge in [0.15, 0.2) is 0 Å². The van der Waals surface area contributed by atoms with Crippen LogP contribution < -0.4 is 4.72 Å². The molecule has 0 aliphatic heterocycles. The third kappa shape index (κ3) is 2.70. The normalized spacial score (nSPS) is 11.7. The predicted octanol–water partition coefficient (Wildman–Crippen LogP) is 3.67. The smallest absolute Gasteiger partial charge is 0.262 e.